The number of carboxylic acids is 1. The van der Waals surface area contributed by atoms with Crippen molar-refractivity contribution >= 4 is 33.0 Å². The fourth-order valence-corrected chi connectivity index (χ4v) is 5.22. The third-order valence-corrected chi connectivity index (χ3v) is 7.15. The molecule has 3 rings (SSSR count). The highest BCUT2D eigenvalue weighted by molar-refractivity contribution is 7.89. The number of hydrogen-bond acceptors (Lipinski definition) is 5. The molecule has 10 heteroatoms. The van der Waals surface area contributed by atoms with Gasteiger partial charge in [-0.25, -0.2) is 18.0 Å². The van der Waals surface area contributed by atoms with Crippen LogP contribution in [0.5, 0.6) is 0 Å². The van der Waals surface area contributed by atoms with Crippen LogP contribution in [-0.4, -0.2) is 59.2 Å². The molecule has 1 aromatic heterocycles. The molecule has 0 aliphatic carbocycles. The number of rotatable bonds is 5. The van der Waals surface area contributed by atoms with Crippen LogP contribution in [0, 0.1) is 6.92 Å². The second-order valence-electron chi connectivity index (χ2n) is 8.91. The molecule has 1 aliphatic heterocycles. The number of benzene rings is 1. The van der Waals surface area contributed by atoms with Gasteiger partial charge in [-0.05, 0) is 64.8 Å². The predicted molar refractivity (Wildman–Crippen MR) is 116 cm³/mol. The molecule has 0 radical (unpaired) electrons. The highest BCUT2D eigenvalue weighted by Gasteiger charge is 2.34. The zero-order valence-corrected chi connectivity index (χ0v) is 19.2. The molecule has 9 nitrogen and oxygen atoms in total. The van der Waals surface area contributed by atoms with Crippen LogP contribution in [0.3, 0.4) is 0 Å². The van der Waals surface area contributed by atoms with Gasteiger partial charge in [0, 0.05) is 36.2 Å². The van der Waals surface area contributed by atoms with Gasteiger partial charge in [-0.15, -0.1) is 0 Å². The molecule has 1 aromatic carbocycles. The Morgan fingerprint density at radius 3 is 2.58 bits per heavy atom. The van der Waals surface area contributed by atoms with Gasteiger partial charge < -0.3 is 19.7 Å². The normalized spacial score (nSPS) is 18.8. The monoisotopic (exact) mass is 451 g/mol. The standard InChI is InChI=1S/C21H29N3O6S/c1-13-11-24(14(2)19(25)26)18-7-6-16(10-17(13)18)31(28,29)23-9-8-15(12-23)22-20(27)30-21(3,4)5/h6-7,10-11,14-15H,8-9,12H2,1-5H3,(H,22,27)(H,25,26)/t14?,15-/m1/s1. The molecule has 31 heavy (non-hydrogen) atoms. The molecule has 2 atom stereocenters. The molecule has 2 aromatic rings. The zero-order chi connectivity index (χ0) is 23.1. The van der Waals surface area contributed by atoms with Crippen LogP contribution in [-0.2, 0) is 19.6 Å². The van der Waals surface area contributed by atoms with Crippen molar-refractivity contribution in [1.82, 2.24) is 14.2 Å². The van der Waals surface area contributed by atoms with Crippen molar-refractivity contribution in [3.05, 3.63) is 30.0 Å². The van der Waals surface area contributed by atoms with Gasteiger partial charge in [0.1, 0.15) is 11.6 Å². The lowest BCUT2D eigenvalue weighted by atomic mass is 10.2. The Balaban J connectivity index is 1.80. The van der Waals surface area contributed by atoms with E-state index in [1.165, 1.54) is 10.4 Å². The Bertz CT molecular complexity index is 1120. The molecule has 1 amide bonds. The van der Waals surface area contributed by atoms with Crippen molar-refractivity contribution in [3.8, 4) is 0 Å². The van der Waals surface area contributed by atoms with Crippen LogP contribution in [0.15, 0.2) is 29.3 Å². The van der Waals surface area contributed by atoms with E-state index < -0.39 is 33.7 Å². The molecule has 0 bridgehead atoms. The Morgan fingerprint density at radius 1 is 1.29 bits per heavy atom. The fraction of sp³-hybridized carbons (Fsp3) is 0.524. The Labute approximate surface area is 182 Å². The number of aromatic nitrogens is 1. The summed E-state index contributed by atoms with van der Waals surface area (Å²) < 4.78 is 34.6. The van der Waals surface area contributed by atoms with Crippen molar-refractivity contribution in [1.29, 1.82) is 0 Å². The Hall–Kier alpha value is -2.59. The summed E-state index contributed by atoms with van der Waals surface area (Å²) in [6.45, 7) is 9.14. The minimum Gasteiger partial charge on any atom is -0.480 e. The van der Waals surface area contributed by atoms with E-state index in [0.29, 0.717) is 17.3 Å². The number of sulfonamides is 1. The Morgan fingerprint density at radius 2 is 1.97 bits per heavy atom. The zero-order valence-electron chi connectivity index (χ0n) is 18.4. The number of nitrogens with zero attached hydrogens (tertiary/aromatic N) is 2. The van der Waals surface area contributed by atoms with E-state index in [0.717, 1.165) is 5.56 Å². The highest BCUT2D eigenvalue weighted by atomic mass is 32.2. The lowest BCUT2D eigenvalue weighted by Crippen LogP contribution is -2.41. The van der Waals surface area contributed by atoms with E-state index in [9.17, 15) is 23.1 Å². The summed E-state index contributed by atoms with van der Waals surface area (Å²) >= 11 is 0. The van der Waals surface area contributed by atoms with Crippen LogP contribution < -0.4 is 5.32 Å². The smallest absolute Gasteiger partial charge is 0.407 e. The Kier molecular flexibility index (Phi) is 6.07. The van der Waals surface area contributed by atoms with Crippen LogP contribution in [0.1, 0.15) is 45.7 Å². The highest BCUT2D eigenvalue weighted by Crippen LogP contribution is 2.29. The molecule has 1 saturated heterocycles. The van der Waals surface area contributed by atoms with Gasteiger partial charge >= 0.3 is 12.1 Å². The SMILES string of the molecule is Cc1cn(C(C)C(=O)O)c2ccc(S(=O)(=O)N3CC[C@@H](NC(=O)OC(C)(C)C)C3)cc12. The lowest BCUT2D eigenvalue weighted by Gasteiger charge is -2.22. The minimum absolute atomic E-state index is 0.141. The van der Waals surface area contributed by atoms with Crippen molar-refractivity contribution in [2.45, 2.75) is 63.6 Å². The van der Waals surface area contributed by atoms with Gasteiger partial charge in [-0.2, -0.15) is 4.31 Å². The van der Waals surface area contributed by atoms with Crippen molar-refractivity contribution in [2.24, 2.45) is 0 Å². The number of hydrogen-bond donors (Lipinski definition) is 2. The summed E-state index contributed by atoms with van der Waals surface area (Å²) in [5.74, 6) is -0.964. The molecule has 0 saturated carbocycles. The fourth-order valence-electron chi connectivity index (χ4n) is 3.69. The maximum atomic E-state index is 13.2. The number of carbonyl (C=O) groups excluding carboxylic acids is 1. The number of alkyl carbamates (subject to hydrolysis) is 1. The van der Waals surface area contributed by atoms with Crippen LogP contribution in [0.4, 0.5) is 4.79 Å². The van der Waals surface area contributed by atoms with Crippen molar-refractivity contribution < 1.29 is 27.9 Å². The topological polar surface area (TPSA) is 118 Å². The first-order chi connectivity index (χ1) is 14.3. The second kappa shape index (κ2) is 8.16. The van der Waals surface area contributed by atoms with Crippen LogP contribution in [0.2, 0.25) is 0 Å². The number of nitrogens with one attached hydrogen (secondary N) is 1. The van der Waals surface area contributed by atoms with Gasteiger partial charge in [-0.1, -0.05) is 0 Å². The molecule has 1 aliphatic rings. The summed E-state index contributed by atoms with van der Waals surface area (Å²) in [5.41, 5.74) is 0.833. The number of fused-ring (bicyclic) bond motifs is 1. The summed E-state index contributed by atoms with van der Waals surface area (Å²) in [7, 11) is -3.76. The summed E-state index contributed by atoms with van der Waals surface area (Å²) in [6.07, 6.45) is 1.64. The first-order valence-corrected chi connectivity index (χ1v) is 11.6. The van der Waals surface area contributed by atoms with Gasteiger partial charge in [0.2, 0.25) is 10.0 Å². The van der Waals surface area contributed by atoms with Crippen LogP contribution in [0.25, 0.3) is 10.9 Å². The van der Waals surface area contributed by atoms with E-state index >= 15 is 0 Å². The molecule has 170 valence electrons. The van der Waals surface area contributed by atoms with Gasteiger partial charge in [0.25, 0.3) is 0 Å². The summed E-state index contributed by atoms with van der Waals surface area (Å²) in [6, 6.07) is 3.63. The largest absolute Gasteiger partial charge is 0.480 e. The van der Waals surface area contributed by atoms with E-state index in [1.54, 1.807) is 50.6 Å². The molecule has 2 heterocycles. The molecule has 1 unspecified atom stereocenters. The minimum atomic E-state index is -3.76. The molecular weight excluding hydrogens is 422 g/mol. The lowest BCUT2D eigenvalue weighted by molar-refractivity contribution is -0.140. The first kappa shape index (κ1) is 23.1. The average Bonchev–Trinajstić information content (AvgIpc) is 3.24. The molecule has 0 spiro atoms. The number of amides is 1. The summed E-state index contributed by atoms with van der Waals surface area (Å²) in [5, 5.41) is 12.7. The third-order valence-electron chi connectivity index (χ3n) is 5.29. The average molecular weight is 452 g/mol. The second-order valence-corrected chi connectivity index (χ2v) is 10.8. The molecule has 2 N–H and O–H groups in total. The van der Waals surface area contributed by atoms with Crippen molar-refractivity contribution in [3.63, 3.8) is 0 Å². The third kappa shape index (κ3) is 4.85. The summed E-state index contributed by atoms with van der Waals surface area (Å²) in [4.78, 5) is 23.5. The van der Waals surface area contributed by atoms with E-state index in [-0.39, 0.29) is 24.0 Å². The first-order valence-electron chi connectivity index (χ1n) is 10.1. The maximum absolute atomic E-state index is 13.2. The predicted octanol–water partition coefficient (Wildman–Crippen LogP) is 2.88. The maximum Gasteiger partial charge on any atom is 0.407 e. The number of carboxylic acid groups (broad SMARTS) is 1. The number of ether oxygens (including phenoxy) is 1. The molecule has 1 fully saturated rings. The van der Waals surface area contributed by atoms with Crippen LogP contribution >= 0.6 is 0 Å². The van der Waals surface area contributed by atoms with E-state index in [4.69, 9.17) is 4.74 Å². The number of carbonyl (C=O) groups is 2. The van der Waals surface area contributed by atoms with Gasteiger partial charge in [-0.3, -0.25) is 0 Å². The quantitative estimate of drug-likeness (QED) is 0.722. The molecular formula is C21H29N3O6S. The van der Waals surface area contributed by atoms with Gasteiger partial charge in [0.05, 0.1) is 4.90 Å². The number of aryl methyl sites for hydroxylation is 1. The van der Waals surface area contributed by atoms with E-state index in [2.05, 4.69) is 5.32 Å². The van der Waals surface area contributed by atoms with Gasteiger partial charge in [0.15, 0.2) is 0 Å². The number of aliphatic carboxylic acids is 1. The van der Waals surface area contributed by atoms with Crippen molar-refractivity contribution in [2.75, 3.05) is 13.1 Å². The van der Waals surface area contributed by atoms with E-state index in [1.807, 2.05) is 6.92 Å².